The molecule has 0 unspecified atom stereocenters. The molecule has 38 heavy (non-hydrogen) atoms. The Labute approximate surface area is 224 Å². The van der Waals surface area contributed by atoms with Crippen LogP contribution in [0.3, 0.4) is 0 Å². The molecule has 1 aliphatic heterocycles. The summed E-state index contributed by atoms with van der Waals surface area (Å²) < 4.78 is 16.5. The molecule has 1 N–H and O–H groups in total. The van der Waals surface area contributed by atoms with Crippen LogP contribution in [0, 0.1) is 5.82 Å². The Morgan fingerprint density at radius 2 is 1.79 bits per heavy atom. The van der Waals surface area contributed by atoms with Crippen LogP contribution in [0.15, 0.2) is 72.4 Å². The third-order valence-corrected chi connectivity index (χ3v) is 8.02. The number of nitrogens with one attached hydrogen (secondary N) is 1. The van der Waals surface area contributed by atoms with Crippen molar-refractivity contribution in [2.24, 2.45) is 0 Å². The molecule has 1 aliphatic rings. The molecule has 5 aromatic rings. The number of aromatic nitrogens is 2. The number of rotatable bonds is 5. The van der Waals surface area contributed by atoms with Gasteiger partial charge in [0.25, 0.3) is 5.91 Å². The molecule has 1 amide bonds. The third-order valence-electron chi connectivity index (χ3n) is 7.21. The van der Waals surface area contributed by atoms with Crippen LogP contribution in [0.25, 0.3) is 32.2 Å². The van der Waals surface area contributed by atoms with Gasteiger partial charge in [0.1, 0.15) is 5.82 Å². The summed E-state index contributed by atoms with van der Waals surface area (Å²) in [5.74, 6) is -0.534. The molecule has 6 nitrogen and oxygen atoms in total. The fourth-order valence-corrected chi connectivity index (χ4v) is 5.68. The molecule has 192 valence electrons. The summed E-state index contributed by atoms with van der Waals surface area (Å²) in [5.41, 5.74) is 6.94. The van der Waals surface area contributed by atoms with Gasteiger partial charge in [-0.15, -0.1) is 11.3 Å². The SMILES string of the molecule is CC(C)N1CCN(C(=O)c2ccc(-c3ccc4nccc(Nc5ccc6scnc6c5)c4c3)c(F)c2)CC1. The molecule has 0 spiro atoms. The fraction of sp³-hybridized carbons (Fsp3) is 0.233. The summed E-state index contributed by atoms with van der Waals surface area (Å²) >= 11 is 1.61. The second-order valence-corrected chi connectivity index (χ2v) is 10.8. The number of pyridine rings is 1. The van der Waals surface area contributed by atoms with Crippen molar-refractivity contribution in [3.8, 4) is 11.1 Å². The monoisotopic (exact) mass is 525 g/mol. The van der Waals surface area contributed by atoms with Gasteiger partial charge < -0.3 is 10.2 Å². The number of nitrogens with zero attached hydrogens (tertiary/aromatic N) is 4. The molecule has 2 aromatic heterocycles. The number of halogens is 1. The smallest absolute Gasteiger partial charge is 0.254 e. The lowest BCUT2D eigenvalue weighted by molar-refractivity contribution is 0.0595. The number of piperazine rings is 1. The zero-order valence-electron chi connectivity index (χ0n) is 21.3. The van der Waals surface area contributed by atoms with Crippen molar-refractivity contribution in [2.75, 3.05) is 31.5 Å². The summed E-state index contributed by atoms with van der Waals surface area (Å²) in [5, 5.41) is 4.35. The van der Waals surface area contributed by atoms with Gasteiger partial charge >= 0.3 is 0 Å². The highest BCUT2D eigenvalue weighted by Gasteiger charge is 2.24. The van der Waals surface area contributed by atoms with Gasteiger partial charge in [-0.2, -0.15) is 0 Å². The van der Waals surface area contributed by atoms with Crippen LogP contribution in [0.2, 0.25) is 0 Å². The van der Waals surface area contributed by atoms with Crippen molar-refractivity contribution in [1.29, 1.82) is 0 Å². The molecule has 8 heteroatoms. The van der Waals surface area contributed by atoms with Crippen LogP contribution in [-0.4, -0.2) is 57.9 Å². The summed E-state index contributed by atoms with van der Waals surface area (Å²) in [4.78, 5) is 26.1. The molecule has 6 rings (SSSR count). The number of fused-ring (bicyclic) bond motifs is 2. The van der Waals surface area contributed by atoms with Crippen molar-refractivity contribution in [2.45, 2.75) is 19.9 Å². The number of hydrogen-bond acceptors (Lipinski definition) is 6. The maximum absolute atomic E-state index is 15.4. The third kappa shape index (κ3) is 4.73. The molecule has 1 fully saturated rings. The quantitative estimate of drug-likeness (QED) is 0.282. The van der Waals surface area contributed by atoms with Gasteiger partial charge in [-0.3, -0.25) is 14.7 Å². The number of benzene rings is 3. The van der Waals surface area contributed by atoms with E-state index < -0.39 is 5.82 Å². The molecule has 3 heterocycles. The van der Waals surface area contributed by atoms with E-state index in [1.807, 2.05) is 52.9 Å². The predicted molar refractivity (Wildman–Crippen MR) is 153 cm³/mol. The van der Waals surface area contributed by atoms with Crippen molar-refractivity contribution in [3.63, 3.8) is 0 Å². The second-order valence-electron chi connectivity index (χ2n) is 9.87. The Kier molecular flexibility index (Phi) is 6.51. The topological polar surface area (TPSA) is 61.4 Å². The zero-order chi connectivity index (χ0) is 26.2. The Bertz CT molecular complexity index is 1640. The van der Waals surface area contributed by atoms with E-state index in [-0.39, 0.29) is 5.91 Å². The lowest BCUT2D eigenvalue weighted by Crippen LogP contribution is -2.50. The molecule has 0 bridgehead atoms. The molecular formula is C30H28FN5OS. The van der Waals surface area contributed by atoms with E-state index in [0.717, 1.165) is 51.1 Å². The summed E-state index contributed by atoms with van der Waals surface area (Å²) in [7, 11) is 0. The van der Waals surface area contributed by atoms with Crippen LogP contribution in [0.5, 0.6) is 0 Å². The van der Waals surface area contributed by atoms with Gasteiger partial charge in [0, 0.05) is 66.3 Å². The predicted octanol–water partition coefficient (Wildman–Crippen LogP) is 6.56. The average molecular weight is 526 g/mol. The van der Waals surface area contributed by atoms with Crippen LogP contribution in [0.4, 0.5) is 15.8 Å². The molecular weight excluding hydrogens is 497 g/mol. The minimum atomic E-state index is -0.414. The lowest BCUT2D eigenvalue weighted by Gasteiger charge is -2.37. The number of amides is 1. The van der Waals surface area contributed by atoms with Gasteiger partial charge in [-0.1, -0.05) is 12.1 Å². The van der Waals surface area contributed by atoms with E-state index in [0.29, 0.717) is 30.3 Å². The average Bonchev–Trinajstić information content (AvgIpc) is 3.41. The van der Waals surface area contributed by atoms with Crippen LogP contribution in [0.1, 0.15) is 24.2 Å². The van der Waals surface area contributed by atoms with Crippen LogP contribution in [-0.2, 0) is 0 Å². The standard InChI is InChI=1S/C30H28FN5OS/c1-19(2)35-11-13-36(14-12-35)30(37)21-3-6-23(25(31)16-21)20-4-7-26-24(15-20)27(9-10-32-26)34-22-5-8-29-28(17-22)33-18-38-29/h3-10,15-19H,11-14H2,1-2H3,(H,32,34). The maximum Gasteiger partial charge on any atom is 0.254 e. The molecule has 0 atom stereocenters. The zero-order valence-corrected chi connectivity index (χ0v) is 22.1. The Balaban J connectivity index is 1.26. The van der Waals surface area contributed by atoms with Gasteiger partial charge in [0.2, 0.25) is 0 Å². The Morgan fingerprint density at radius 1 is 0.947 bits per heavy atom. The first-order valence-electron chi connectivity index (χ1n) is 12.8. The molecule has 3 aromatic carbocycles. The van der Waals surface area contributed by atoms with E-state index in [1.165, 1.54) is 6.07 Å². The van der Waals surface area contributed by atoms with Crippen LogP contribution < -0.4 is 5.32 Å². The maximum atomic E-state index is 15.4. The van der Waals surface area contributed by atoms with Gasteiger partial charge in [0.05, 0.1) is 21.2 Å². The van der Waals surface area contributed by atoms with E-state index in [9.17, 15) is 4.79 Å². The van der Waals surface area contributed by atoms with Gasteiger partial charge in [0.15, 0.2) is 0 Å². The fourth-order valence-electron chi connectivity index (χ4n) is 5.02. The highest BCUT2D eigenvalue weighted by molar-refractivity contribution is 7.16. The Hall–Kier alpha value is -3.88. The van der Waals surface area contributed by atoms with Crippen molar-refractivity contribution < 1.29 is 9.18 Å². The van der Waals surface area contributed by atoms with Gasteiger partial charge in [-0.05, 0) is 67.9 Å². The van der Waals surface area contributed by atoms with Crippen molar-refractivity contribution in [3.05, 3.63) is 83.8 Å². The summed E-state index contributed by atoms with van der Waals surface area (Å²) in [6.45, 7) is 7.31. The van der Waals surface area contributed by atoms with E-state index >= 15 is 4.39 Å². The highest BCUT2D eigenvalue weighted by atomic mass is 32.1. The molecule has 0 saturated carbocycles. The van der Waals surface area contributed by atoms with E-state index in [1.54, 1.807) is 29.7 Å². The first-order chi connectivity index (χ1) is 18.5. The van der Waals surface area contributed by atoms with Gasteiger partial charge in [-0.25, -0.2) is 9.37 Å². The molecule has 0 radical (unpaired) electrons. The van der Waals surface area contributed by atoms with E-state index in [4.69, 9.17) is 0 Å². The number of carbonyl (C=O) groups excluding carboxylic acids is 1. The summed E-state index contributed by atoms with van der Waals surface area (Å²) in [6, 6.07) is 18.9. The first kappa shape index (κ1) is 24.5. The molecule has 1 saturated heterocycles. The number of anilines is 2. The Morgan fingerprint density at radius 3 is 2.58 bits per heavy atom. The minimum Gasteiger partial charge on any atom is -0.355 e. The first-order valence-corrected chi connectivity index (χ1v) is 13.7. The number of carbonyl (C=O) groups is 1. The lowest BCUT2D eigenvalue weighted by atomic mass is 10.00. The molecule has 0 aliphatic carbocycles. The largest absolute Gasteiger partial charge is 0.355 e. The summed E-state index contributed by atoms with van der Waals surface area (Å²) in [6.07, 6.45) is 1.76. The van der Waals surface area contributed by atoms with Crippen LogP contribution >= 0.6 is 11.3 Å². The van der Waals surface area contributed by atoms with E-state index in [2.05, 4.69) is 34.0 Å². The number of thiazole rings is 1. The number of hydrogen-bond donors (Lipinski definition) is 1. The van der Waals surface area contributed by atoms with Crippen molar-refractivity contribution in [1.82, 2.24) is 19.8 Å². The second kappa shape index (κ2) is 10.1. The normalized spacial score (nSPS) is 14.5. The highest BCUT2D eigenvalue weighted by Crippen LogP contribution is 2.32. The van der Waals surface area contributed by atoms with Crippen molar-refractivity contribution >= 4 is 49.7 Å². The minimum absolute atomic E-state index is 0.120.